The van der Waals surface area contributed by atoms with Gasteiger partial charge in [0.15, 0.2) is 0 Å². The van der Waals surface area contributed by atoms with Crippen LogP contribution in [0.3, 0.4) is 0 Å². The predicted molar refractivity (Wildman–Crippen MR) is 95.0 cm³/mol. The van der Waals surface area contributed by atoms with E-state index in [4.69, 9.17) is 20.8 Å². The molecule has 1 aliphatic carbocycles. The highest BCUT2D eigenvalue weighted by atomic mass is 35.5. The Morgan fingerprint density at radius 1 is 1.12 bits per heavy atom. The minimum atomic E-state index is -0.341. The molecular formula is C20H17ClO3. The number of aryl methyl sites for hydroxylation is 3. The van der Waals surface area contributed by atoms with Gasteiger partial charge in [0.1, 0.15) is 17.9 Å². The lowest BCUT2D eigenvalue weighted by atomic mass is 10.0. The summed E-state index contributed by atoms with van der Waals surface area (Å²) in [6.07, 6.45) is 3.30. The largest absolute Gasteiger partial charge is 0.489 e. The molecule has 0 unspecified atom stereocenters. The smallest absolute Gasteiger partial charge is 0.336 e. The van der Waals surface area contributed by atoms with Crippen LogP contribution in [0.4, 0.5) is 0 Å². The topological polar surface area (TPSA) is 39.4 Å². The quantitative estimate of drug-likeness (QED) is 0.641. The van der Waals surface area contributed by atoms with Crippen molar-refractivity contribution in [2.24, 2.45) is 0 Å². The number of fused-ring (bicyclic) bond motifs is 2. The highest BCUT2D eigenvalue weighted by molar-refractivity contribution is 6.31. The molecule has 2 aromatic carbocycles. The molecule has 1 heterocycles. The third-order valence-electron chi connectivity index (χ3n) is 4.57. The lowest BCUT2D eigenvalue weighted by Gasteiger charge is -2.10. The first-order chi connectivity index (χ1) is 11.6. The first-order valence-corrected chi connectivity index (χ1v) is 8.45. The van der Waals surface area contributed by atoms with Gasteiger partial charge in [-0.3, -0.25) is 0 Å². The molecular weight excluding hydrogens is 324 g/mol. The van der Waals surface area contributed by atoms with Crippen LogP contribution in [-0.4, -0.2) is 0 Å². The van der Waals surface area contributed by atoms with Crippen molar-refractivity contribution in [1.82, 2.24) is 0 Å². The van der Waals surface area contributed by atoms with Crippen molar-refractivity contribution in [3.8, 4) is 5.75 Å². The number of hydrogen-bond donors (Lipinski definition) is 0. The molecule has 1 aliphatic rings. The van der Waals surface area contributed by atoms with E-state index in [0.29, 0.717) is 17.2 Å². The molecule has 0 saturated heterocycles. The zero-order valence-corrected chi connectivity index (χ0v) is 14.2. The van der Waals surface area contributed by atoms with Gasteiger partial charge in [-0.15, -0.1) is 0 Å². The van der Waals surface area contributed by atoms with Crippen molar-refractivity contribution < 1.29 is 9.15 Å². The third-order valence-corrected chi connectivity index (χ3v) is 4.99. The van der Waals surface area contributed by atoms with Crippen LogP contribution in [0.25, 0.3) is 11.0 Å². The van der Waals surface area contributed by atoms with Crippen LogP contribution < -0.4 is 10.4 Å². The Kier molecular flexibility index (Phi) is 3.81. The molecule has 24 heavy (non-hydrogen) atoms. The number of benzene rings is 2. The Morgan fingerprint density at radius 3 is 2.71 bits per heavy atom. The van der Waals surface area contributed by atoms with Crippen LogP contribution in [0.15, 0.2) is 45.6 Å². The van der Waals surface area contributed by atoms with Gasteiger partial charge in [-0.1, -0.05) is 11.6 Å². The van der Waals surface area contributed by atoms with Gasteiger partial charge in [-0.05, 0) is 73.2 Å². The second-order valence-electron chi connectivity index (χ2n) is 6.26. The van der Waals surface area contributed by atoms with E-state index in [1.807, 2.05) is 31.2 Å². The average Bonchev–Trinajstić information content (AvgIpc) is 3.01. The van der Waals surface area contributed by atoms with Crippen LogP contribution in [-0.2, 0) is 19.4 Å². The standard InChI is InChI=1S/C20H17ClO3/c1-12-7-16(5-6-18(12)21)23-11-15-10-20(22)24-19-9-14-4-2-3-13(14)8-17(15)19/h5-10H,2-4,11H2,1H3. The summed E-state index contributed by atoms with van der Waals surface area (Å²) in [7, 11) is 0. The molecule has 0 aliphatic heterocycles. The summed E-state index contributed by atoms with van der Waals surface area (Å²) in [4.78, 5) is 11.9. The maximum atomic E-state index is 11.9. The van der Waals surface area contributed by atoms with Gasteiger partial charge in [0.05, 0.1) is 0 Å². The zero-order valence-electron chi connectivity index (χ0n) is 13.4. The van der Waals surface area contributed by atoms with Crippen molar-refractivity contribution >= 4 is 22.6 Å². The normalized spacial score (nSPS) is 13.2. The van der Waals surface area contributed by atoms with E-state index >= 15 is 0 Å². The van der Waals surface area contributed by atoms with Crippen molar-refractivity contribution in [3.05, 3.63) is 74.1 Å². The molecule has 4 rings (SSSR count). The van der Waals surface area contributed by atoms with E-state index in [9.17, 15) is 4.79 Å². The molecule has 122 valence electrons. The van der Waals surface area contributed by atoms with Gasteiger partial charge in [0.2, 0.25) is 0 Å². The van der Waals surface area contributed by atoms with Crippen molar-refractivity contribution in [2.45, 2.75) is 32.8 Å². The van der Waals surface area contributed by atoms with Crippen LogP contribution in [0.2, 0.25) is 5.02 Å². The van der Waals surface area contributed by atoms with Crippen LogP contribution in [0, 0.1) is 6.92 Å². The van der Waals surface area contributed by atoms with Gasteiger partial charge < -0.3 is 9.15 Å². The van der Waals surface area contributed by atoms with Gasteiger partial charge in [0, 0.05) is 22.0 Å². The number of halogens is 1. The van der Waals surface area contributed by atoms with E-state index in [1.54, 1.807) is 0 Å². The summed E-state index contributed by atoms with van der Waals surface area (Å²) in [5, 5.41) is 1.67. The van der Waals surface area contributed by atoms with E-state index < -0.39 is 0 Å². The summed E-state index contributed by atoms with van der Waals surface area (Å²) >= 11 is 6.04. The Bertz CT molecular complexity index is 988. The minimum absolute atomic E-state index is 0.321. The van der Waals surface area contributed by atoms with Crippen LogP contribution in [0.5, 0.6) is 5.75 Å². The Labute approximate surface area is 144 Å². The molecule has 0 amide bonds. The molecule has 3 aromatic rings. The fraction of sp³-hybridized carbons (Fsp3) is 0.250. The molecule has 0 fully saturated rings. The first-order valence-electron chi connectivity index (χ1n) is 8.07. The molecule has 1 aromatic heterocycles. The Balaban J connectivity index is 1.70. The van der Waals surface area contributed by atoms with E-state index in [0.717, 1.165) is 41.5 Å². The average molecular weight is 341 g/mol. The summed E-state index contributed by atoms with van der Waals surface area (Å²) in [5.74, 6) is 0.736. The molecule has 0 atom stereocenters. The maximum absolute atomic E-state index is 11.9. The highest BCUT2D eigenvalue weighted by Gasteiger charge is 2.15. The van der Waals surface area contributed by atoms with Gasteiger partial charge >= 0.3 is 5.63 Å². The van der Waals surface area contributed by atoms with Crippen LogP contribution >= 0.6 is 11.6 Å². The second kappa shape index (κ2) is 5.99. The van der Waals surface area contributed by atoms with Gasteiger partial charge in [0.25, 0.3) is 0 Å². The lowest BCUT2D eigenvalue weighted by molar-refractivity contribution is 0.306. The van der Waals surface area contributed by atoms with Crippen molar-refractivity contribution in [3.63, 3.8) is 0 Å². The number of rotatable bonds is 3. The summed E-state index contributed by atoms with van der Waals surface area (Å²) < 4.78 is 11.3. The molecule has 0 spiro atoms. The molecule has 3 nitrogen and oxygen atoms in total. The van der Waals surface area contributed by atoms with Crippen LogP contribution in [0.1, 0.15) is 28.7 Å². The van der Waals surface area contributed by atoms with Crippen molar-refractivity contribution in [2.75, 3.05) is 0 Å². The molecule has 4 heteroatoms. The SMILES string of the molecule is Cc1cc(OCc2cc(=O)oc3cc4c(cc23)CCC4)ccc1Cl. The maximum Gasteiger partial charge on any atom is 0.336 e. The zero-order chi connectivity index (χ0) is 16.7. The summed E-state index contributed by atoms with van der Waals surface area (Å²) in [6.45, 7) is 2.26. The highest BCUT2D eigenvalue weighted by Crippen LogP contribution is 2.29. The second-order valence-corrected chi connectivity index (χ2v) is 6.67. The Hall–Kier alpha value is -2.26. The predicted octanol–water partition coefficient (Wildman–Crippen LogP) is 4.82. The van der Waals surface area contributed by atoms with E-state index in [-0.39, 0.29) is 5.63 Å². The van der Waals surface area contributed by atoms with Crippen molar-refractivity contribution in [1.29, 1.82) is 0 Å². The van der Waals surface area contributed by atoms with E-state index in [2.05, 4.69) is 6.07 Å². The fourth-order valence-electron chi connectivity index (χ4n) is 3.28. The summed E-state index contributed by atoms with van der Waals surface area (Å²) in [5.41, 5.74) is 4.75. The first kappa shape index (κ1) is 15.3. The third kappa shape index (κ3) is 2.80. The molecule has 0 saturated carbocycles. The number of ether oxygens (including phenoxy) is 1. The summed E-state index contributed by atoms with van der Waals surface area (Å²) in [6, 6.07) is 11.2. The lowest BCUT2D eigenvalue weighted by Crippen LogP contribution is -2.04. The fourth-order valence-corrected chi connectivity index (χ4v) is 3.40. The number of hydrogen-bond acceptors (Lipinski definition) is 3. The molecule has 0 N–H and O–H groups in total. The van der Waals surface area contributed by atoms with Gasteiger partial charge in [-0.25, -0.2) is 4.79 Å². The molecule has 0 bridgehead atoms. The van der Waals surface area contributed by atoms with Gasteiger partial charge in [-0.2, -0.15) is 0 Å². The monoisotopic (exact) mass is 340 g/mol. The minimum Gasteiger partial charge on any atom is -0.489 e. The Morgan fingerprint density at radius 2 is 1.92 bits per heavy atom. The van der Waals surface area contributed by atoms with E-state index in [1.165, 1.54) is 17.2 Å². The molecule has 0 radical (unpaired) electrons.